The second kappa shape index (κ2) is 7.25. The number of hydrogen-bond acceptors (Lipinski definition) is 4. The molecular formula is C18H21NO3S. The van der Waals surface area contributed by atoms with Crippen LogP contribution in [0.15, 0.2) is 36.4 Å². The van der Waals surface area contributed by atoms with Crippen molar-refractivity contribution >= 4 is 17.3 Å². The van der Waals surface area contributed by atoms with Crippen molar-refractivity contribution in [1.82, 2.24) is 4.90 Å². The minimum Gasteiger partial charge on any atom is -0.477 e. The Kier molecular flexibility index (Phi) is 5.10. The van der Waals surface area contributed by atoms with Gasteiger partial charge in [-0.15, -0.1) is 11.3 Å². The summed E-state index contributed by atoms with van der Waals surface area (Å²) < 4.78 is 5.89. The third-order valence-electron chi connectivity index (χ3n) is 4.15. The average molecular weight is 331 g/mol. The third-order valence-corrected chi connectivity index (χ3v) is 5.24. The normalized spacial score (nSPS) is 18.9. The number of benzene rings is 1. The Labute approximate surface area is 140 Å². The van der Waals surface area contributed by atoms with Gasteiger partial charge >= 0.3 is 5.97 Å². The SMILES string of the molecule is Cc1sc(C(=O)O)cc1CN1CCOC(Cc2ccccc2)C1. The zero-order valence-corrected chi connectivity index (χ0v) is 14.0. The van der Waals surface area contributed by atoms with Crippen molar-refractivity contribution in [2.24, 2.45) is 0 Å². The fraction of sp³-hybridized carbons (Fsp3) is 0.389. The summed E-state index contributed by atoms with van der Waals surface area (Å²) in [7, 11) is 0. The molecule has 1 atom stereocenters. The lowest BCUT2D eigenvalue weighted by Gasteiger charge is -2.33. The van der Waals surface area contributed by atoms with Crippen LogP contribution < -0.4 is 0 Å². The first kappa shape index (κ1) is 16.2. The molecule has 1 saturated heterocycles. The molecule has 122 valence electrons. The van der Waals surface area contributed by atoms with E-state index in [1.165, 1.54) is 16.9 Å². The summed E-state index contributed by atoms with van der Waals surface area (Å²) in [5.74, 6) is -0.840. The minimum absolute atomic E-state index is 0.198. The van der Waals surface area contributed by atoms with Gasteiger partial charge < -0.3 is 9.84 Å². The van der Waals surface area contributed by atoms with Gasteiger partial charge in [0.25, 0.3) is 0 Å². The van der Waals surface area contributed by atoms with E-state index in [-0.39, 0.29) is 6.10 Å². The average Bonchev–Trinajstić information content (AvgIpc) is 2.90. The molecule has 3 rings (SSSR count). The van der Waals surface area contributed by atoms with Gasteiger partial charge in [-0.05, 0) is 30.5 Å². The molecule has 23 heavy (non-hydrogen) atoms. The van der Waals surface area contributed by atoms with Gasteiger partial charge in [-0.25, -0.2) is 4.79 Å². The van der Waals surface area contributed by atoms with E-state index < -0.39 is 5.97 Å². The van der Waals surface area contributed by atoms with Gasteiger partial charge in [-0.3, -0.25) is 4.90 Å². The van der Waals surface area contributed by atoms with E-state index >= 15 is 0 Å². The molecule has 1 aliphatic rings. The third kappa shape index (κ3) is 4.19. The molecular weight excluding hydrogens is 310 g/mol. The lowest BCUT2D eigenvalue weighted by Crippen LogP contribution is -2.42. The van der Waals surface area contributed by atoms with Gasteiger partial charge in [-0.1, -0.05) is 30.3 Å². The molecule has 5 heteroatoms. The largest absolute Gasteiger partial charge is 0.477 e. The van der Waals surface area contributed by atoms with Gasteiger partial charge in [0.1, 0.15) is 4.88 Å². The minimum atomic E-state index is -0.840. The summed E-state index contributed by atoms with van der Waals surface area (Å²) in [5, 5.41) is 9.11. The smallest absolute Gasteiger partial charge is 0.345 e. The molecule has 2 aromatic rings. The van der Waals surface area contributed by atoms with Crippen molar-refractivity contribution in [3.05, 3.63) is 57.3 Å². The molecule has 1 aliphatic heterocycles. The molecule has 0 amide bonds. The van der Waals surface area contributed by atoms with Crippen LogP contribution in [0.3, 0.4) is 0 Å². The van der Waals surface area contributed by atoms with Crippen LogP contribution in [-0.2, 0) is 17.7 Å². The first-order valence-electron chi connectivity index (χ1n) is 7.82. The Morgan fingerprint density at radius 2 is 2.17 bits per heavy atom. The van der Waals surface area contributed by atoms with Crippen LogP contribution in [0, 0.1) is 6.92 Å². The number of hydrogen-bond donors (Lipinski definition) is 1. The van der Waals surface area contributed by atoms with E-state index in [9.17, 15) is 4.79 Å². The maximum absolute atomic E-state index is 11.1. The number of ether oxygens (including phenoxy) is 1. The van der Waals surface area contributed by atoms with Gasteiger partial charge in [-0.2, -0.15) is 0 Å². The Hall–Kier alpha value is -1.69. The summed E-state index contributed by atoms with van der Waals surface area (Å²) >= 11 is 1.36. The van der Waals surface area contributed by atoms with E-state index in [4.69, 9.17) is 9.84 Å². The maximum Gasteiger partial charge on any atom is 0.345 e. The number of morpholine rings is 1. The first-order valence-corrected chi connectivity index (χ1v) is 8.64. The molecule has 0 spiro atoms. The van der Waals surface area contributed by atoms with Crippen LogP contribution in [0.4, 0.5) is 0 Å². The van der Waals surface area contributed by atoms with Crippen LogP contribution in [0.2, 0.25) is 0 Å². The molecule has 1 fully saturated rings. The summed E-state index contributed by atoms with van der Waals surface area (Å²) in [6.07, 6.45) is 1.12. The van der Waals surface area contributed by atoms with Crippen molar-refractivity contribution in [3.8, 4) is 0 Å². The summed E-state index contributed by atoms with van der Waals surface area (Å²) in [6, 6.07) is 12.2. The summed E-state index contributed by atoms with van der Waals surface area (Å²) in [6.45, 7) is 5.29. The topological polar surface area (TPSA) is 49.8 Å². The molecule has 2 heterocycles. The van der Waals surface area contributed by atoms with E-state index in [1.54, 1.807) is 0 Å². The zero-order valence-electron chi connectivity index (χ0n) is 13.2. The molecule has 1 unspecified atom stereocenters. The fourth-order valence-electron chi connectivity index (χ4n) is 2.95. The number of nitrogens with zero attached hydrogens (tertiary/aromatic N) is 1. The number of thiophene rings is 1. The van der Waals surface area contributed by atoms with Gasteiger partial charge in [0.05, 0.1) is 12.7 Å². The van der Waals surface area contributed by atoms with Gasteiger partial charge in [0.2, 0.25) is 0 Å². The van der Waals surface area contributed by atoms with Crippen LogP contribution in [0.25, 0.3) is 0 Å². The molecule has 0 radical (unpaired) electrons. The highest BCUT2D eigenvalue weighted by Gasteiger charge is 2.22. The van der Waals surface area contributed by atoms with E-state index in [2.05, 4.69) is 29.2 Å². The van der Waals surface area contributed by atoms with Crippen molar-refractivity contribution < 1.29 is 14.6 Å². The number of aryl methyl sites for hydroxylation is 1. The van der Waals surface area contributed by atoms with Gasteiger partial charge in [0, 0.05) is 24.5 Å². The Morgan fingerprint density at radius 1 is 1.39 bits per heavy atom. The molecule has 1 aromatic carbocycles. The Balaban J connectivity index is 1.61. The standard InChI is InChI=1S/C18H21NO3S/c1-13-15(10-17(23-13)18(20)21)11-19-7-8-22-16(12-19)9-14-5-3-2-4-6-14/h2-6,10,16H,7-9,11-12H2,1H3,(H,20,21). The van der Waals surface area contributed by atoms with Crippen LogP contribution in [0.5, 0.6) is 0 Å². The molecule has 4 nitrogen and oxygen atoms in total. The number of rotatable bonds is 5. The highest BCUT2D eigenvalue weighted by Crippen LogP contribution is 2.24. The molecule has 0 saturated carbocycles. The fourth-order valence-corrected chi connectivity index (χ4v) is 3.82. The molecule has 1 N–H and O–H groups in total. The van der Waals surface area contributed by atoms with Crippen LogP contribution in [0.1, 0.15) is 25.7 Å². The van der Waals surface area contributed by atoms with Crippen LogP contribution in [-0.4, -0.2) is 41.8 Å². The number of carbonyl (C=O) groups is 1. The van der Waals surface area contributed by atoms with E-state index in [1.807, 2.05) is 19.1 Å². The Morgan fingerprint density at radius 3 is 2.87 bits per heavy atom. The summed E-state index contributed by atoms with van der Waals surface area (Å²) in [5.41, 5.74) is 2.41. The second-order valence-electron chi connectivity index (χ2n) is 5.91. The first-order chi connectivity index (χ1) is 11.1. The van der Waals surface area contributed by atoms with E-state index in [0.717, 1.165) is 43.1 Å². The number of aromatic carboxylic acids is 1. The highest BCUT2D eigenvalue weighted by molar-refractivity contribution is 7.14. The second-order valence-corrected chi connectivity index (χ2v) is 7.17. The van der Waals surface area contributed by atoms with E-state index in [0.29, 0.717) is 4.88 Å². The quantitative estimate of drug-likeness (QED) is 0.914. The lowest BCUT2D eigenvalue weighted by atomic mass is 10.1. The predicted molar refractivity (Wildman–Crippen MR) is 91.2 cm³/mol. The highest BCUT2D eigenvalue weighted by atomic mass is 32.1. The number of carboxylic acid groups (broad SMARTS) is 1. The molecule has 0 bridgehead atoms. The maximum atomic E-state index is 11.1. The van der Waals surface area contributed by atoms with Crippen molar-refractivity contribution in [2.45, 2.75) is 26.0 Å². The zero-order chi connectivity index (χ0) is 16.2. The van der Waals surface area contributed by atoms with Gasteiger partial charge in [0.15, 0.2) is 0 Å². The lowest BCUT2D eigenvalue weighted by molar-refractivity contribution is -0.0305. The number of carboxylic acids is 1. The van der Waals surface area contributed by atoms with Crippen molar-refractivity contribution in [3.63, 3.8) is 0 Å². The predicted octanol–water partition coefficient (Wildman–Crippen LogP) is 3.20. The van der Waals surface area contributed by atoms with Crippen molar-refractivity contribution in [2.75, 3.05) is 19.7 Å². The monoisotopic (exact) mass is 331 g/mol. The van der Waals surface area contributed by atoms with Crippen LogP contribution >= 0.6 is 11.3 Å². The van der Waals surface area contributed by atoms with Crippen molar-refractivity contribution in [1.29, 1.82) is 0 Å². The summed E-state index contributed by atoms with van der Waals surface area (Å²) in [4.78, 5) is 15.0. The molecule has 0 aliphatic carbocycles. The Bertz CT molecular complexity index is 668. The molecule has 1 aromatic heterocycles.